The average molecular weight is 524 g/mol. The minimum Gasteiger partial charge on any atom is -0.458 e. The minimum atomic E-state index is -0.513. The van der Waals surface area contributed by atoms with Crippen molar-refractivity contribution in [2.45, 2.75) is 76.1 Å². The zero-order valence-corrected chi connectivity index (χ0v) is 20.7. The summed E-state index contributed by atoms with van der Waals surface area (Å²) in [4.78, 5) is 36.8. The van der Waals surface area contributed by atoms with Crippen LogP contribution in [0, 0.1) is 28.6 Å². The molecule has 30 heavy (non-hydrogen) atoms. The molecule has 0 amide bonds. The van der Waals surface area contributed by atoms with Crippen molar-refractivity contribution in [1.82, 2.24) is 0 Å². The van der Waals surface area contributed by atoms with Crippen molar-refractivity contribution < 1.29 is 19.1 Å². The molecule has 0 heterocycles. The van der Waals surface area contributed by atoms with Gasteiger partial charge in [0, 0.05) is 18.8 Å². The van der Waals surface area contributed by atoms with Crippen LogP contribution in [0.25, 0.3) is 0 Å². The Hall–Kier alpha value is -0.980. The summed E-state index contributed by atoms with van der Waals surface area (Å²) in [5.41, 5.74) is 2.72. The molecule has 2 saturated carbocycles. The molecule has 2 unspecified atom stereocenters. The first-order valence-electron chi connectivity index (χ1n) is 11.4. The number of allylic oxidation sites excluding steroid dienone is 4. The molecule has 0 aromatic heterocycles. The highest BCUT2D eigenvalue weighted by molar-refractivity contribution is 14.1. The van der Waals surface area contributed by atoms with Gasteiger partial charge in [0.1, 0.15) is 0 Å². The van der Waals surface area contributed by atoms with Crippen LogP contribution in [0.1, 0.15) is 72.6 Å². The molecule has 0 aromatic rings. The van der Waals surface area contributed by atoms with Crippen molar-refractivity contribution in [2.24, 2.45) is 28.6 Å². The third-order valence-electron chi connectivity index (χ3n) is 8.96. The summed E-state index contributed by atoms with van der Waals surface area (Å²) in [7, 11) is 0. The van der Waals surface area contributed by atoms with Crippen molar-refractivity contribution in [3.05, 3.63) is 23.3 Å². The van der Waals surface area contributed by atoms with Crippen LogP contribution in [-0.2, 0) is 19.1 Å². The first-order chi connectivity index (χ1) is 14.1. The van der Waals surface area contributed by atoms with Gasteiger partial charge >= 0.3 is 5.97 Å². The highest BCUT2D eigenvalue weighted by atomic mass is 127. The second kappa shape index (κ2) is 7.56. The van der Waals surface area contributed by atoms with E-state index in [0.717, 1.165) is 38.5 Å². The van der Waals surface area contributed by atoms with E-state index in [-0.39, 0.29) is 29.0 Å². The highest BCUT2D eigenvalue weighted by Crippen LogP contribution is 2.69. The second-order valence-electron chi connectivity index (χ2n) is 10.3. The minimum absolute atomic E-state index is 0.0120. The maximum atomic E-state index is 13.4. The van der Waals surface area contributed by atoms with Gasteiger partial charge in [-0.05, 0) is 61.3 Å². The number of carbonyl (C=O) groups excluding carboxylic acids is 3. The van der Waals surface area contributed by atoms with Crippen LogP contribution in [0.2, 0.25) is 0 Å². The van der Waals surface area contributed by atoms with Gasteiger partial charge in [0.25, 0.3) is 0 Å². The summed E-state index contributed by atoms with van der Waals surface area (Å²) >= 11 is 2.43. The lowest BCUT2D eigenvalue weighted by molar-refractivity contribution is -0.147. The average Bonchev–Trinajstić information content (AvgIpc) is 2.94. The molecule has 4 rings (SSSR count). The van der Waals surface area contributed by atoms with Crippen molar-refractivity contribution >= 4 is 40.1 Å². The number of ether oxygens (including phenoxy) is 1. The number of hydrogen-bond donors (Lipinski definition) is 0. The SMILES string of the molecule is CC[C@@H]1CC2C3CCC4=CC(=O)CC[C@]4(C)C3=CC[C@]2(C)[C@@]1(I)C(=O)COC(C)=O. The molecule has 0 radical (unpaired) electrons. The lowest BCUT2D eigenvalue weighted by Crippen LogP contribution is -2.54. The Morgan fingerprint density at radius 2 is 2.00 bits per heavy atom. The van der Waals surface area contributed by atoms with Gasteiger partial charge in [-0.15, -0.1) is 0 Å². The van der Waals surface area contributed by atoms with Gasteiger partial charge in [0.15, 0.2) is 18.2 Å². The van der Waals surface area contributed by atoms with Crippen LogP contribution < -0.4 is 0 Å². The van der Waals surface area contributed by atoms with Crippen LogP contribution >= 0.6 is 22.6 Å². The van der Waals surface area contributed by atoms with Crippen LogP contribution in [0.15, 0.2) is 23.3 Å². The molecule has 6 atom stereocenters. The molecule has 2 fully saturated rings. The Kier molecular flexibility index (Phi) is 5.60. The van der Waals surface area contributed by atoms with E-state index in [9.17, 15) is 14.4 Å². The standard InChI is InChI=1S/C25H33IO4/c1-5-16-13-21-19-7-6-17-12-18(28)8-10-23(17,3)20(19)9-11-24(21,4)25(16,26)22(29)14-30-15(2)27/h9,12,16,19,21H,5-8,10-11,13-14H2,1-4H3/t16-,19?,21?,23+,24+,25+/m1/s1. The van der Waals surface area contributed by atoms with Crippen LogP contribution in [0.3, 0.4) is 0 Å². The molecule has 0 bridgehead atoms. The number of esters is 1. The van der Waals surface area contributed by atoms with E-state index in [1.807, 2.05) is 6.08 Å². The molecule has 4 aliphatic carbocycles. The fourth-order valence-corrected chi connectivity index (χ4v) is 8.74. The Labute approximate surface area is 193 Å². The van der Waals surface area contributed by atoms with Crippen molar-refractivity contribution in [3.8, 4) is 0 Å². The Balaban J connectivity index is 1.72. The van der Waals surface area contributed by atoms with Gasteiger partial charge in [-0.2, -0.15) is 0 Å². The third-order valence-corrected chi connectivity index (χ3v) is 11.7. The molecule has 0 spiro atoms. The van der Waals surface area contributed by atoms with Crippen molar-refractivity contribution in [2.75, 3.05) is 6.61 Å². The van der Waals surface area contributed by atoms with Crippen LogP contribution in [0.5, 0.6) is 0 Å². The second-order valence-corrected chi connectivity index (χ2v) is 12.0. The molecule has 4 nitrogen and oxygen atoms in total. The smallest absolute Gasteiger partial charge is 0.303 e. The number of carbonyl (C=O) groups is 3. The van der Waals surface area contributed by atoms with Crippen LogP contribution in [0.4, 0.5) is 0 Å². The van der Waals surface area contributed by atoms with E-state index >= 15 is 0 Å². The predicted molar refractivity (Wildman–Crippen MR) is 124 cm³/mol. The lowest BCUT2D eigenvalue weighted by Gasteiger charge is -2.54. The Morgan fingerprint density at radius 1 is 1.27 bits per heavy atom. The fraction of sp³-hybridized carbons (Fsp3) is 0.720. The summed E-state index contributed by atoms with van der Waals surface area (Å²) in [6.07, 6.45) is 10.9. The molecule has 164 valence electrons. The quantitative estimate of drug-likeness (QED) is 0.215. The Bertz CT molecular complexity index is 857. The molecule has 4 aliphatic rings. The molecule has 0 aliphatic heterocycles. The number of ketones is 2. The largest absolute Gasteiger partial charge is 0.458 e. The zero-order valence-electron chi connectivity index (χ0n) is 18.6. The summed E-state index contributed by atoms with van der Waals surface area (Å²) < 4.78 is 4.64. The Morgan fingerprint density at radius 3 is 2.67 bits per heavy atom. The number of fused-ring (bicyclic) bond motifs is 5. The molecular formula is C25H33IO4. The van der Waals surface area contributed by atoms with Gasteiger partial charge in [0.2, 0.25) is 0 Å². The highest BCUT2D eigenvalue weighted by Gasteiger charge is 2.67. The monoisotopic (exact) mass is 524 g/mol. The van der Waals surface area contributed by atoms with E-state index in [2.05, 4.69) is 49.4 Å². The number of hydrogen-bond acceptors (Lipinski definition) is 4. The van der Waals surface area contributed by atoms with E-state index < -0.39 is 9.39 Å². The summed E-state index contributed by atoms with van der Waals surface area (Å²) in [6, 6.07) is 0. The number of alkyl halides is 1. The van der Waals surface area contributed by atoms with Crippen LogP contribution in [-0.4, -0.2) is 27.6 Å². The van der Waals surface area contributed by atoms with E-state index in [1.165, 1.54) is 18.1 Å². The fourth-order valence-electron chi connectivity index (χ4n) is 7.27. The molecule has 0 N–H and O–H groups in total. The lowest BCUT2D eigenvalue weighted by atomic mass is 9.51. The topological polar surface area (TPSA) is 60.4 Å². The van der Waals surface area contributed by atoms with Gasteiger partial charge in [-0.1, -0.05) is 67.0 Å². The van der Waals surface area contributed by atoms with E-state index in [0.29, 0.717) is 24.2 Å². The van der Waals surface area contributed by atoms with Gasteiger partial charge < -0.3 is 4.74 Å². The van der Waals surface area contributed by atoms with Crippen molar-refractivity contribution in [1.29, 1.82) is 0 Å². The van der Waals surface area contributed by atoms with E-state index in [4.69, 9.17) is 4.74 Å². The first kappa shape index (κ1) is 22.2. The van der Waals surface area contributed by atoms with E-state index in [1.54, 1.807) is 0 Å². The number of rotatable bonds is 4. The maximum Gasteiger partial charge on any atom is 0.303 e. The maximum absolute atomic E-state index is 13.4. The first-order valence-corrected chi connectivity index (χ1v) is 12.5. The van der Waals surface area contributed by atoms with Crippen molar-refractivity contribution in [3.63, 3.8) is 0 Å². The third kappa shape index (κ3) is 3.01. The predicted octanol–water partition coefficient (Wildman–Crippen LogP) is 5.38. The normalized spacial score (nSPS) is 42.4. The summed E-state index contributed by atoms with van der Waals surface area (Å²) in [5, 5.41) is 0. The zero-order chi connectivity index (χ0) is 21.9. The van der Waals surface area contributed by atoms with Gasteiger partial charge in [0.05, 0.1) is 3.42 Å². The summed E-state index contributed by atoms with van der Waals surface area (Å²) in [6.45, 7) is 8.06. The van der Waals surface area contributed by atoms with Gasteiger partial charge in [-0.3, -0.25) is 14.4 Å². The van der Waals surface area contributed by atoms with Gasteiger partial charge in [-0.25, -0.2) is 0 Å². The summed E-state index contributed by atoms with van der Waals surface area (Å²) in [5.74, 6) is 1.17. The number of Topliss-reactive ketones (excluding diaryl/α,β-unsaturated/α-hetero) is 1. The molecule has 5 heteroatoms. The molecular weight excluding hydrogens is 491 g/mol. The number of halogens is 1. The molecule has 0 aromatic carbocycles. The molecule has 0 saturated heterocycles.